The van der Waals surface area contributed by atoms with Crippen LogP contribution in [0.5, 0.6) is 0 Å². The van der Waals surface area contributed by atoms with Crippen LogP contribution in [0, 0.1) is 0 Å². The Kier molecular flexibility index (Phi) is 13.7. The second-order valence-electron chi connectivity index (χ2n) is 6.80. The minimum Gasteiger partial charge on any atom is -0.741 e. The molecule has 0 fully saturated rings. The minimum atomic E-state index is -6.09. The quantitative estimate of drug-likeness (QED) is 0.287. The van der Waals surface area contributed by atoms with E-state index in [1.807, 2.05) is 0 Å². The summed E-state index contributed by atoms with van der Waals surface area (Å²) in [7, 11) is -6.09. The lowest BCUT2D eigenvalue weighted by Crippen LogP contribution is -3.04. The molecule has 0 saturated heterocycles. The topological polar surface area (TPSA) is 61.6 Å². The van der Waals surface area contributed by atoms with Crippen molar-refractivity contribution in [3.63, 3.8) is 0 Å². The van der Waals surface area contributed by atoms with E-state index in [0.29, 0.717) is 0 Å². The van der Waals surface area contributed by atoms with Gasteiger partial charge in [-0.25, -0.2) is 8.42 Å². The lowest BCUT2D eigenvalue weighted by atomic mass is 10.1. The highest BCUT2D eigenvalue weighted by atomic mass is 32.2. The van der Waals surface area contributed by atoms with E-state index < -0.39 is 15.6 Å². The highest BCUT2D eigenvalue weighted by molar-refractivity contribution is 7.86. The van der Waals surface area contributed by atoms with Crippen molar-refractivity contribution in [3.8, 4) is 0 Å². The SMILES string of the molecule is CCCCCCCCCCC[NH+]1C=CC=C1CCC.O=S(=O)([O-])C(F)(F)F. The van der Waals surface area contributed by atoms with Gasteiger partial charge in [0.05, 0.1) is 12.7 Å². The molecule has 0 aromatic rings. The van der Waals surface area contributed by atoms with Crippen molar-refractivity contribution in [2.75, 3.05) is 6.54 Å². The van der Waals surface area contributed by atoms with Crippen LogP contribution in [-0.4, -0.2) is 25.0 Å². The van der Waals surface area contributed by atoms with Crippen molar-refractivity contribution in [2.24, 2.45) is 0 Å². The molecule has 0 aliphatic carbocycles. The lowest BCUT2D eigenvalue weighted by Gasteiger charge is -2.13. The first kappa shape index (κ1) is 26.1. The molecule has 0 saturated carbocycles. The Balaban J connectivity index is 0.000000713. The molecule has 1 aliphatic rings. The average Bonchev–Trinajstić information content (AvgIpc) is 3.00. The Hall–Kier alpha value is -0.860. The van der Waals surface area contributed by atoms with Crippen LogP contribution >= 0.6 is 0 Å². The zero-order valence-electron chi connectivity index (χ0n) is 16.5. The number of quaternary nitrogens is 1. The van der Waals surface area contributed by atoms with Crippen LogP contribution in [0.1, 0.15) is 84.5 Å². The van der Waals surface area contributed by atoms with E-state index in [-0.39, 0.29) is 0 Å². The number of alkyl halides is 3. The van der Waals surface area contributed by atoms with Crippen LogP contribution in [0.2, 0.25) is 0 Å². The number of hydrogen-bond acceptors (Lipinski definition) is 3. The largest absolute Gasteiger partial charge is 0.741 e. The smallest absolute Gasteiger partial charge is 0.485 e. The summed E-state index contributed by atoms with van der Waals surface area (Å²) >= 11 is 0. The molecule has 1 rings (SSSR count). The monoisotopic (exact) mass is 413 g/mol. The molecule has 4 nitrogen and oxygen atoms in total. The summed E-state index contributed by atoms with van der Waals surface area (Å²) in [4.78, 5) is 1.62. The van der Waals surface area contributed by atoms with Crippen molar-refractivity contribution in [1.82, 2.24) is 0 Å². The summed E-state index contributed by atoms with van der Waals surface area (Å²) in [6, 6.07) is 0. The molecule has 0 radical (unpaired) electrons. The molecule has 0 aromatic carbocycles. The molecule has 1 heterocycles. The molecule has 1 N–H and O–H groups in total. The summed E-state index contributed by atoms with van der Waals surface area (Å²) in [5.41, 5.74) is -4.05. The van der Waals surface area contributed by atoms with E-state index in [2.05, 4.69) is 32.2 Å². The van der Waals surface area contributed by atoms with E-state index >= 15 is 0 Å². The van der Waals surface area contributed by atoms with Crippen molar-refractivity contribution in [2.45, 2.75) is 90.0 Å². The van der Waals surface area contributed by atoms with Crippen molar-refractivity contribution in [1.29, 1.82) is 0 Å². The van der Waals surface area contributed by atoms with Gasteiger partial charge < -0.3 is 4.55 Å². The normalized spacial score (nSPS) is 16.8. The molecule has 27 heavy (non-hydrogen) atoms. The van der Waals surface area contributed by atoms with Gasteiger partial charge >= 0.3 is 5.51 Å². The Morgan fingerprint density at radius 1 is 0.926 bits per heavy atom. The first-order valence-corrected chi connectivity index (χ1v) is 11.3. The van der Waals surface area contributed by atoms with E-state index in [1.54, 1.807) is 10.6 Å². The predicted molar refractivity (Wildman–Crippen MR) is 101 cm³/mol. The number of hydrogen-bond donors (Lipinski definition) is 1. The van der Waals surface area contributed by atoms with E-state index in [1.165, 1.54) is 77.2 Å². The zero-order valence-corrected chi connectivity index (χ0v) is 17.3. The first-order chi connectivity index (χ1) is 12.6. The van der Waals surface area contributed by atoms with Gasteiger partial charge in [-0.05, 0) is 25.3 Å². The lowest BCUT2D eigenvalue weighted by molar-refractivity contribution is -0.804. The van der Waals surface area contributed by atoms with Gasteiger partial charge in [-0.3, -0.25) is 4.90 Å². The summed E-state index contributed by atoms with van der Waals surface area (Å²) in [5.74, 6) is 0. The van der Waals surface area contributed by atoms with Gasteiger partial charge in [0.15, 0.2) is 10.1 Å². The fourth-order valence-corrected chi connectivity index (χ4v) is 2.88. The molecule has 0 aromatic heterocycles. The standard InChI is InChI=1S/C18H33N.CHF3O3S/c1-3-5-6-7-8-9-10-11-12-16-19-17-13-15-18(19)14-4-2;2-1(3,4)8(5,6)7/h13,15,17H,3-12,14,16H2,1-2H3;(H,5,6,7). The first-order valence-electron chi connectivity index (χ1n) is 9.89. The van der Waals surface area contributed by atoms with Crippen molar-refractivity contribution < 1.29 is 31.0 Å². The van der Waals surface area contributed by atoms with E-state index in [0.717, 1.165) is 0 Å². The third kappa shape index (κ3) is 13.0. The number of halogens is 3. The second kappa shape index (κ2) is 14.2. The zero-order chi connectivity index (χ0) is 20.8. The van der Waals surface area contributed by atoms with Crippen LogP contribution in [0.3, 0.4) is 0 Å². The van der Waals surface area contributed by atoms with Crippen LogP contribution in [0.15, 0.2) is 24.0 Å². The molecule has 0 amide bonds. The summed E-state index contributed by atoms with van der Waals surface area (Å²) in [6.45, 7) is 5.86. The van der Waals surface area contributed by atoms with Gasteiger partial charge in [0, 0.05) is 12.5 Å². The number of rotatable bonds is 12. The van der Waals surface area contributed by atoms with E-state index in [4.69, 9.17) is 13.0 Å². The molecule has 1 atom stereocenters. The van der Waals surface area contributed by atoms with Gasteiger partial charge in [-0.1, -0.05) is 58.8 Å². The molecular formula is C19H34F3NO3S. The van der Waals surface area contributed by atoms with Gasteiger partial charge in [-0.15, -0.1) is 0 Å². The third-order valence-electron chi connectivity index (χ3n) is 4.36. The van der Waals surface area contributed by atoms with Crippen molar-refractivity contribution >= 4 is 10.1 Å². The maximum Gasteiger partial charge on any atom is 0.485 e. The molecule has 160 valence electrons. The maximum atomic E-state index is 10.7. The summed E-state index contributed by atoms with van der Waals surface area (Å²) in [6.07, 6.45) is 22.3. The van der Waals surface area contributed by atoms with Gasteiger partial charge in [0.1, 0.15) is 5.70 Å². The van der Waals surface area contributed by atoms with Crippen LogP contribution in [-0.2, 0) is 10.1 Å². The van der Waals surface area contributed by atoms with Gasteiger partial charge in [0.2, 0.25) is 0 Å². The molecule has 0 bridgehead atoms. The fourth-order valence-electron chi connectivity index (χ4n) is 2.88. The Morgan fingerprint density at radius 2 is 1.41 bits per heavy atom. The maximum absolute atomic E-state index is 10.7. The van der Waals surface area contributed by atoms with Gasteiger partial charge in [-0.2, -0.15) is 13.2 Å². The summed E-state index contributed by atoms with van der Waals surface area (Å²) < 4.78 is 58.9. The highest BCUT2D eigenvalue weighted by Crippen LogP contribution is 2.20. The fraction of sp³-hybridized carbons (Fsp3) is 0.789. The summed E-state index contributed by atoms with van der Waals surface area (Å²) in [5, 5.41) is 0. The molecule has 8 heteroatoms. The third-order valence-corrected chi connectivity index (χ3v) is 4.93. The van der Waals surface area contributed by atoms with Crippen LogP contribution < -0.4 is 4.90 Å². The minimum absolute atomic E-state index is 1.26. The van der Waals surface area contributed by atoms with Gasteiger partial charge in [0.25, 0.3) is 0 Å². The molecule has 1 aliphatic heterocycles. The predicted octanol–water partition coefficient (Wildman–Crippen LogP) is 4.66. The molecule has 0 spiro atoms. The Morgan fingerprint density at radius 3 is 1.85 bits per heavy atom. The number of nitrogens with one attached hydrogen (secondary N) is 1. The average molecular weight is 414 g/mol. The van der Waals surface area contributed by atoms with Crippen molar-refractivity contribution in [3.05, 3.63) is 24.0 Å². The Labute approximate surface area is 162 Å². The molecular weight excluding hydrogens is 379 g/mol. The number of unbranched alkanes of at least 4 members (excludes halogenated alkanes) is 8. The highest BCUT2D eigenvalue weighted by Gasteiger charge is 2.36. The molecule has 1 unspecified atom stereocenters. The second-order valence-corrected chi connectivity index (χ2v) is 8.18. The Bertz CT molecular complexity index is 543. The van der Waals surface area contributed by atoms with E-state index in [9.17, 15) is 13.2 Å². The van der Waals surface area contributed by atoms with Crippen LogP contribution in [0.4, 0.5) is 13.2 Å². The number of allylic oxidation sites excluding steroid dienone is 3. The van der Waals surface area contributed by atoms with Crippen LogP contribution in [0.25, 0.3) is 0 Å².